The van der Waals surface area contributed by atoms with Crippen LogP contribution in [0.4, 0.5) is 5.82 Å². The molecule has 0 aliphatic carbocycles. The van der Waals surface area contributed by atoms with Gasteiger partial charge in [-0.1, -0.05) is 0 Å². The molecule has 21 heavy (non-hydrogen) atoms. The molecule has 7 heteroatoms. The normalized spacial score (nSPS) is 10.5. The largest absolute Gasteiger partial charge is 0.496 e. The summed E-state index contributed by atoms with van der Waals surface area (Å²) in [7, 11) is 4.80. The Labute approximate surface area is 131 Å². The van der Waals surface area contributed by atoms with Crippen LogP contribution >= 0.6 is 15.9 Å². The molecule has 1 aromatic carbocycles. The average Bonchev–Trinajstić information content (AvgIpc) is 2.74. The summed E-state index contributed by atoms with van der Waals surface area (Å²) < 4.78 is 18.6. The molecule has 2 N–H and O–H groups in total. The number of hydrogen-bond donors (Lipinski definition) is 1. The first-order valence-corrected chi connectivity index (χ1v) is 7.08. The highest BCUT2D eigenvalue weighted by Crippen LogP contribution is 2.35. The Kier molecular flexibility index (Phi) is 4.62. The molecule has 0 saturated carbocycles. The minimum Gasteiger partial charge on any atom is -0.496 e. The third-order valence-corrected chi connectivity index (χ3v) is 4.20. The van der Waals surface area contributed by atoms with Crippen LogP contribution in [0.2, 0.25) is 0 Å². The number of nitrogen functional groups attached to an aromatic ring is 1. The van der Waals surface area contributed by atoms with Crippen LogP contribution in [0.5, 0.6) is 17.2 Å². The van der Waals surface area contributed by atoms with E-state index in [-0.39, 0.29) is 0 Å². The SMILES string of the molecule is COc1cc(OC)c(Cn2nc(C)c(Br)c2N)c(OC)c1. The van der Waals surface area contributed by atoms with Gasteiger partial charge in [-0.2, -0.15) is 5.10 Å². The number of nitrogens with two attached hydrogens (primary N) is 1. The van der Waals surface area contributed by atoms with E-state index in [2.05, 4.69) is 21.0 Å². The van der Waals surface area contributed by atoms with Gasteiger partial charge in [-0.15, -0.1) is 0 Å². The molecule has 0 amide bonds. The number of aryl methyl sites for hydroxylation is 1. The molecule has 2 rings (SSSR count). The standard InChI is InChI=1S/C14H18BrN3O3/c1-8-13(15)14(16)18(17-8)7-10-11(20-3)5-9(19-2)6-12(10)21-4/h5-6H,7,16H2,1-4H3. The van der Waals surface area contributed by atoms with Crippen LogP contribution in [0.15, 0.2) is 16.6 Å². The van der Waals surface area contributed by atoms with Crippen molar-refractivity contribution in [3.63, 3.8) is 0 Å². The van der Waals surface area contributed by atoms with E-state index in [1.165, 1.54) is 0 Å². The van der Waals surface area contributed by atoms with Crippen LogP contribution in [0, 0.1) is 6.92 Å². The zero-order valence-corrected chi connectivity index (χ0v) is 14.0. The van der Waals surface area contributed by atoms with Crippen molar-refractivity contribution in [1.82, 2.24) is 9.78 Å². The van der Waals surface area contributed by atoms with Crippen molar-refractivity contribution in [1.29, 1.82) is 0 Å². The van der Waals surface area contributed by atoms with Crippen molar-refractivity contribution in [2.75, 3.05) is 27.1 Å². The number of hydrogen-bond acceptors (Lipinski definition) is 5. The topological polar surface area (TPSA) is 71.5 Å². The molecule has 1 aromatic heterocycles. The average molecular weight is 356 g/mol. The van der Waals surface area contributed by atoms with E-state index in [0.717, 1.165) is 15.7 Å². The summed E-state index contributed by atoms with van der Waals surface area (Å²) in [6, 6.07) is 3.61. The molecule has 6 nitrogen and oxygen atoms in total. The molecule has 2 aromatic rings. The Morgan fingerprint density at radius 2 is 1.71 bits per heavy atom. The molecule has 0 unspecified atom stereocenters. The number of ether oxygens (including phenoxy) is 3. The predicted octanol–water partition coefficient (Wildman–Crippen LogP) is 2.61. The van der Waals surface area contributed by atoms with Gasteiger partial charge in [0.2, 0.25) is 0 Å². The number of halogens is 1. The molecule has 114 valence electrons. The molecule has 0 saturated heterocycles. The van der Waals surface area contributed by atoms with Crippen LogP contribution in [0.3, 0.4) is 0 Å². The summed E-state index contributed by atoms with van der Waals surface area (Å²) in [6.45, 7) is 2.33. The lowest BCUT2D eigenvalue weighted by atomic mass is 10.1. The van der Waals surface area contributed by atoms with Crippen LogP contribution < -0.4 is 19.9 Å². The minimum absolute atomic E-state index is 0.439. The molecule has 0 spiro atoms. The van der Waals surface area contributed by atoms with E-state index in [4.69, 9.17) is 19.9 Å². The highest BCUT2D eigenvalue weighted by atomic mass is 79.9. The second-order valence-corrected chi connectivity index (χ2v) is 5.25. The van der Waals surface area contributed by atoms with Crippen molar-refractivity contribution in [3.8, 4) is 17.2 Å². The quantitative estimate of drug-likeness (QED) is 0.892. The monoisotopic (exact) mass is 355 g/mol. The summed E-state index contributed by atoms with van der Waals surface area (Å²) in [5.74, 6) is 2.55. The first-order chi connectivity index (χ1) is 10.0. The maximum atomic E-state index is 6.04. The fourth-order valence-electron chi connectivity index (χ4n) is 2.08. The van der Waals surface area contributed by atoms with E-state index >= 15 is 0 Å². The Bertz CT molecular complexity index is 630. The van der Waals surface area contributed by atoms with Crippen molar-refractivity contribution in [2.24, 2.45) is 0 Å². The molecule has 0 radical (unpaired) electrons. The molecular formula is C14H18BrN3O3. The van der Waals surface area contributed by atoms with Gasteiger partial charge in [0, 0.05) is 12.1 Å². The van der Waals surface area contributed by atoms with Gasteiger partial charge in [0.05, 0.1) is 43.6 Å². The number of aromatic nitrogens is 2. The van der Waals surface area contributed by atoms with Gasteiger partial charge in [0.1, 0.15) is 23.1 Å². The molecule has 1 heterocycles. The number of nitrogens with zero attached hydrogens (tertiary/aromatic N) is 2. The van der Waals surface area contributed by atoms with Gasteiger partial charge < -0.3 is 19.9 Å². The first kappa shape index (κ1) is 15.5. The first-order valence-electron chi connectivity index (χ1n) is 6.29. The van der Waals surface area contributed by atoms with Crippen molar-refractivity contribution >= 4 is 21.7 Å². The van der Waals surface area contributed by atoms with E-state index in [9.17, 15) is 0 Å². The van der Waals surface area contributed by atoms with Crippen molar-refractivity contribution in [2.45, 2.75) is 13.5 Å². The van der Waals surface area contributed by atoms with Gasteiger partial charge in [-0.25, -0.2) is 4.68 Å². The summed E-state index contributed by atoms with van der Waals surface area (Å²) in [5.41, 5.74) is 7.72. The van der Waals surface area contributed by atoms with Gasteiger partial charge in [-0.05, 0) is 22.9 Å². The maximum Gasteiger partial charge on any atom is 0.136 e. The lowest BCUT2D eigenvalue weighted by Crippen LogP contribution is -2.09. The number of methoxy groups -OCH3 is 3. The van der Waals surface area contributed by atoms with Gasteiger partial charge in [-0.3, -0.25) is 0 Å². The van der Waals surface area contributed by atoms with E-state index in [1.54, 1.807) is 38.1 Å². The minimum atomic E-state index is 0.439. The third kappa shape index (κ3) is 2.92. The van der Waals surface area contributed by atoms with Crippen molar-refractivity contribution < 1.29 is 14.2 Å². The lowest BCUT2D eigenvalue weighted by molar-refractivity contribution is 0.366. The molecule has 0 aliphatic heterocycles. The van der Waals surface area contributed by atoms with Crippen molar-refractivity contribution in [3.05, 3.63) is 27.9 Å². The van der Waals surface area contributed by atoms with Crippen LogP contribution in [-0.4, -0.2) is 31.1 Å². The number of benzene rings is 1. The summed E-state index contributed by atoms with van der Waals surface area (Å²) in [4.78, 5) is 0. The summed E-state index contributed by atoms with van der Waals surface area (Å²) in [5, 5.41) is 4.40. The Morgan fingerprint density at radius 3 is 2.10 bits per heavy atom. The zero-order valence-electron chi connectivity index (χ0n) is 12.4. The Morgan fingerprint density at radius 1 is 1.14 bits per heavy atom. The zero-order chi connectivity index (χ0) is 15.6. The Hall–Kier alpha value is -1.89. The number of anilines is 1. The van der Waals surface area contributed by atoms with Crippen LogP contribution in [0.1, 0.15) is 11.3 Å². The van der Waals surface area contributed by atoms with E-state index in [0.29, 0.717) is 29.6 Å². The fourth-order valence-corrected chi connectivity index (χ4v) is 2.37. The highest BCUT2D eigenvalue weighted by Gasteiger charge is 2.17. The molecule has 0 bridgehead atoms. The Balaban J connectivity index is 2.49. The van der Waals surface area contributed by atoms with Gasteiger partial charge in [0.25, 0.3) is 0 Å². The van der Waals surface area contributed by atoms with Crippen LogP contribution in [0.25, 0.3) is 0 Å². The summed E-state index contributed by atoms with van der Waals surface area (Å²) in [6.07, 6.45) is 0. The van der Waals surface area contributed by atoms with Crippen LogP contribution in [-0.2, 0) is 6.54 Å². The fraction of sp³-hybridized carbons (Fsp3) is 0.357. The second kappa shape index (κ2) is 6.26. The third-order valence-electron chi connectivity index (χ3n) is 3.22. The number of rotatable bonds is 5. The molecule has 0 fully saturated rings. The molecule has 0 aliphatic rings. The highest BCUT2D eigenvalue weighted by molar-refractivity contribution is 9.10. The van der Waals surface area contributed by atoms with E-state index < -0.39 is 0 Å². The maximum absolute atomic E-state index is 6.04. The molecular weight excluding hydrogens is 338 g/mol. The smallest absolute Gasteiger partial charge is 0.136 e. The predicted molar refractivity (Wildman–Crippen MR) is 84.3 cm³/mol. The lowest BCUT2D eigenvalue weighted by Gasteiger charge is -2.15. The van der Waals surface area contributed by atoms with Gasteiger partial charge >= 0.3 is 0 Å². The molecule has 0 atom stereocenters. The second-order valence-electron chi connectivity index (χ2n) is 4.45. The summed E-state index contributed by atoms with van der Waals surface area (Å²) >= 11 is 3.42. The van der Waals surface area contributed by atoms with E-state index in [1.807, 2.05) is 6.92 Å². The van der Waals surface area contributed by atoms with Gasteiger partial charge in [0.15, 0.2) is 0 Å².